The van der Waals surface area contributed by atoms with E-state index in [0.717, 1.165) is 25.9 Å². The summed E-state index contributed by atoms with van der Waals surface area (Å²) in [6.07, 6.45) is 10.2. The van der Waals surface area contributed by atoms with Gasteiger partial charge in [-0.25, -0.2) is 0 Å². The molecule has 1 amide bonds. The Balaban J connectivity index is 4.23. The highest BCUT2D eigenvalue weighted by Gasteiger charge is 2.18. The summed E-state index contributed by atoms with van der Waals surface area (Å²) in [6.45, 7) is 10.4. The Kier molecular flexibility index (Phi) is 12.8. The quantitative estimate of drug-likeness (QED) is 0.514. The van der Waals surface area contributed by atoms with Crippen LogP contribution in [0.2, 0.25) is 0 Å². The summed E-state index contributed by atoms with van der Waals surface area (Å²) in [7, 11) is 0. The van der Waals surface area contributed by atoms with Gasteiger partial charge < -0.3 is 10.6 Å². The van der Waals surface area contributed by atoms with Crippen molar-refractivity contribution in [2.45, 2.75) is 91.5 Å². The molecule has 126 valence electrons. The SMILES string of the molecule is CCCCCCN(CCCCCC)C(=O)CC(N)C(C)C. The highest BCUT2D eigenvalue weighted by molar-refractivity contribution is 5.76. The Bertz CT molecular complexity index is 242. The smallest absolute Gasteiger partial charge is 0.224 e. The Morgan fingerprint density at radius 2 is 1.38 bits per heavy atom. The van der Waals surface area contributed by atoms with Gasteiger partial charge in [0, 0.05) is 25.6 Å². The van der Waals surface area contributed by atoms with E-state index < -0.39 is 0 Å². The highest BCUT2D eigenvalue weighted by atomic mass is 16.2. The number of carbonyl (C=O) groups excluding carboxylic acids is 1. The van der Waals surface area contributed by atoms with Crippen molar-refractivity contribution in [3.8, 4) is 0 Å². The van der Waals surface area contributed by atoms with Crippen LogP contribution in [0.5, 0.6) is 0 Å². The first-order valence-corrected chi connectivity index (χ1v) is 9.06. The normalized spacial score (nSPS) is 12.7. The third-order valence-corrected chi connectivity index (χ3v) is 4.18. The maximum Gasteiger partial charge on any atom is 0.224 e. The average molecular weight is 299 g/mol. The summed E-state index contributed by atoms with van der Waals surface area (Å²) in [4.78, 5) is 14.5. The zero-order valence-electron chi connectivity index (χ0n) is 14.9. The molecule has 0 aromatic carbocycles. The lowest BCUT2D eigenvalue weighted by Gasteiger charge is -2.25. The summed E-state index contributed by atoms with van der Waals surface area (Å²) in [5.41, 5.74) is 6.06. The third kappa shape index (κ3) is 10.8. The summed E-state index contributed by atoms with van der Waals surface area (Å²) in [6, 6.07) is -0.00807. The molecule has 0 aromatic heterocycles. The first kappa shape index (κ1) is 20.4. The zero-order chi connectivity index (χ0) is 16.1. The van der Waals surface area contributed by atoms with Crippen LogP contribution in [-0.4, -0.2) is 29.9 Å². The van der Waals surface area contributed by atoms with Crippen molar-refractivity contribution in [2.24, 2.45) is 11.7 Å². The van der Waals surface area contributed by atoms with Crippen molar-refractivity contribution < 1.29 is 4.79 Å². The topological polar surface area (TPSA) is 46.3 Å². The fourth-order valence-corrected chi connectivity index (χ4v) is 2.39. The number of hydrogen-bond donors (Lipinski definition) is 1. The lowest BCUT2D eigenvalue weighted by Crippen LogP contribution is -2.39. The van der Waals surface area contributed by atoms with Gasteiger partial charge in [-0.2, -0.15) is 0 Å². The molecule has 2 N–H and O–H groups in total. The zero-order valence-corrected chi connectivity index (χ0v) is 14.9. The molecule has 0 saturated heterocycles. The minimum absolute atomic E-state index is 0.00807. The second-order valence-electron chi connectivity index (χ2n) is 6.61. The largest absolute Gasteiger partial charge is 0.343 e. The second-order valence-corrected chi connectivity index (χ2v) is 6.61. The van der Waals surface area contributed by atoms with E-state index in [0.29, 0.717) is 12.3 Å². The molecule has 3 heteroatoms. The van der Waals surface area contributed by atoms with Crippen molar-refractivity contribution in [1.82, 2.24) is 4.90 Å². The number of rotatable bonds is 13. The van der Waals surface area contributed by atoms with Gasteiger partial charge in [0.25, 0.3) is 0 Å². The molecule has 1 unspecified atom stereocenters. The van der Waals surface area contributed by atoms with Gasteiger partial charge in [0.15, 0.2) is 0 Å². The first-order chi connectivity index (χ1) is 10.0. The minimum atomic E-state index is -0.00807. The highest BCUT2D eigenvalue weighted by Crippen LogP contribution is 2.10. The Morgan fingerprint density at radius 1 is 0.905 bits per heavy atom. The van der Waals surface area contributed by atoms with Crippen LogP contribution in [-0.2, 0) is 4.79 Å². The van der Waals surface area contributed by atoms with Crippen LogP contribution in [0.15, 0.2) is 0 Å². The summed E-state index contributed by atoms with van der Waals surface area (Å²) < 4.78 is 0. The first-order valence-electron chi connectivity index (χ1n) is 9.06. The van der Waals surface area contributed by atoms with E-state index in [9.17, 15) is 4.79 Å². The average Bonchev–Trinajstić information content (AvgIpc) is 2.45. The van der Waals surface area contributed by atoms with E-state index in [1.54, 1.807) is 0 Å². The summed E-state index contributed by atoms with van der Waals surface area (Å²) in [5, 5.41) is 0. The second kappa shape index (κ2) is 13.1. The van der Waals surface area contributed by atoms with Gasteiger partial charge in [-0.1, -0.05) is 66.2 Å². The van der Waals surface area contributed by atoms with Gasteiger partial charge in [0.2, 0.25) is 5.91 Å². The molecular weight excluding hydrogens is 260 g/mol. The number of nitrogens with zero attached hydrogens (tertiary/aromatic N) is 1. The number of nitrogens with two attached hydrogens (primary N) is 1. The maximum atomic E-state index is 12.4. The van der Waals surface area contributed by atoms with E-state index in [4.69, 9.17) is 5.73 Å². The van der Waals surface area contributed by atoms with Gasteiger partial charge in [-0.15, -0.1) is 0 Å². The van der Waals surface area contributed by atoms with Crippen LogP contribution in [0.4, 0.5) is 0 Å². The molecule has 0 aliphatic heterocycles. The lowest BCUT2D eigenvalue weighted by molar-refractivity contribution is -0.132. The number of hydrogen-bond acceptors (Lipinski definition) is 2. The molecule has 0 radical (unpaired) electrons. The lowest BCUT2D eigenvalue weighted by atomic mass is 10.0. The minimum Gasteiger partial charge on any atom is -0.343 e. The maximum absolute atomic E-state index is 12.4. The van der Waals surface area contributed by atoms with Gasteiger partial charge in [0.1, 0.15) is 0 Å². The van der Waals surface area contributed by atoms with E-state index in [1.807, 2.05) is 0 Å². The molecule has 0 bridgehead atoms. The molecule has 21 heavy (non-hydrogen) atoms. The molecule has 0 aliphatic rings. The predicted molar refractivity (Wildman–Crippen MR) is 92.3 cm³/mol. The molecular formula is C18H38N2O. The molecule has 0 spiro atoms. The summed E-state index contributed by atoms with van der Waals surface area (Å²) >= 11 is 0. The Labute approximate surface area is 132 Å². The van der Waals surface area contributed by atoms with Gasteiger partial charge >= 0.3 is 0 Å². The molecule has 0 heterocycles. The molecule has 0 saturated carbocycles. The van der Waals surface area contributed by atoms with Crippen LogP contribution < -0.4 is 5.73 Å². The predicted octanol–water partition coefficient (Wildman–Crippen LogP) is 4.35. The van der Waals surface area contributed by atoms with E-state index >= 15 is 0 Å². The van der Waals surface area contributed by atoms with Crippen molar-refractivity contribution in [3.05, 3.63) is 0 Å². The molecule has 3 nitrogen and oxygen atoms in total. The van der Waals surface area contributed by atoms with Crippen molar-refractivity contribution in [3.63, 3.8) is 0 Å². The van der Waals surface area contributed by atoms with Gasteiger partial charge in [-0.05, 0) is 18.8 Å². The molecule has 0 fully saturated rings. The molecule has 0 aliphatic carbocycles. The number of unbranched alkanes of at least 4 members (excludes halogenated alkanes) is 6. The molecule has 0 aromatic rings. The van der Waals surface area contributed by atoms with Crippen molar-refractivity contribution >= 4 is 5.91 Å². The van der Waals surface area contributed by atoms with Gasteiger partial charge in [0.05, 0.1) is 0 Å². The Hall–Kier alpha value is -0.570. The van der Waals surface area contributed by atoms with E-state index in [2.05, 4.69) is 32.6 Å². The fraction of sp³-hybridized carbons (Fsp3) is 0.944. The van der Waals surface area contributed by atoms with Crippen LogP contribution in [0.3, 0.4) is 0 Å². The van der Waals surface area contributed by atoms with Crippen LogP contribution in [0.1, 0.15) is 85.5 Å². The van der Waals surface area contributed by atoms with Crippen LogP contribution in [0, 0.1) is 5.92 Å². The number of carbonyl (C=O) groups is 1. The monoisotopic (exact) mass is 298 g/mol. The van der Waals surface area contributed by atoms with E-state index in [1.165, 1.54) is 38.5 Å². The molecule has 1 atom stereocenters. The fourth-order valence-electron chi connectivity index (χ4n) is 2.39. The molecule has 0 rings (SSSR count). The van der Waals surface area contributed by atoms with Crippen LogP contribution >= 0.6 is 0 Å². The van der Waals surface area contributed by atoms with Crippen LogP contribution in [0.25, 0.3) is 0 Å². The van der Waals surface area contributed by atoms with Gasteiger partial charge in [-0.3, -0.25) is 4.79 Å². The number of amides is 1. The standard InChI is InChI=1S/C18H38N2O/c1-5-7-9-11-13-20(14-12-10-8-6-2)18(21)15-17(19)16(3)4/h16-17H,5-15,19H2,1-4H3. The Morgan fingerprint density at radius 3 is 1.76 bits per heavy atom. The van der Waals surface area contributed by atoms with E-state index in [-0.39, 0.29) is 11.9 Å². The summed E-state index contributed by atoms with van der Waals surface area (Å²) in [5.74, 6) is 0.625. The van der Waals surface area contributed by atoms with Crippen molar-refractivity contribution in [2.75, 3.05) is 13.1 Å². The van der Waals surface area contributed by atoms with Crippen molar-refractivity contribution in [1.29, 1.82) is 0 Å². The third-order valence-electron chi connectivity index (χ3n) is 4.18.